The first-order chi connectivity index (χ1) is 17.9. The molecule has 0 unspecified atom stereocenters. The monoisotopic (exact) mass is 555 g/mol. The lowest BCUT2D eigenvalue weighted by atomic mass is 9.60. The molecule has 0 bridgehead atoms. The minimum atomic E-state index is -2.55. The number of hydrogen-bond acceptors (Lipinski definition) is 9. The van der Waals surface area contributed by atoms with Crippen LogP contribution >= 0.6 is 18.7 Å². The summed E-state index contributed by atoms with van der Waals surface area (Å²) >= 11 is 6.34. The number of nitrogens with zero attached hydrogens (tertiary/aromatic N) is 5. The molecule has 2 aromatic carbocycles. The van der Waals surface area contributed by atoms with Gasteiger partial charge in [0.05, 0.1) is 16.8 Å². The van der Waals surface area contributed by atoms with Crippen molar-refractivity contribution < 1.29 is 9.49 Å². The van der Waals surface area contributed by atoms with Crippen LogP contribution in [0, 0.1) is 15.5 Å². The van der Waals surface area contributed by atoms with E-state index in [1.165, 1.54) is 12.3 Å². The van der Waals surface area contributed by atoms with Crippen LogP contribution in [-0.2, 0) is 4.57 Å². The molecule has 3 aromatic rings. The maximum Gasteiger partial charge on any atom is 0.294 e. The second-order valence-corrected chi connectivity index (χ2v) is 14.4. The van der Waals surface area contributed by atoms with Crippen LogP contribution in [0.3, 0.4) is 0 Å². The molecule has 2 aliphatic rings. The van der Waals surface area contributed by atoms with Gasteiger partial charge in [0.25, 0.3) is 5.69 Å². The van der Waals surface area contributed by atoms with Crippen molar-refractivity contribution in [2.24, 2.45) is 5.41 Å². The molecule has 0 atom stereocenters. The molecule has 1 saturated carbocycles. The number of halogens is 1. The van der Waals surface area contributed by atoms with E-state index < -0.39 is 7.14 Å². The van der Waals surface area contributed by atoms with Crippen molar-refractivity contribution >= 4 is 58.6 Å². The minimum Gasteiger partial charge on any atom is -0.365 e. The first-order valence-corrected chi connectivity index (χ1v) is 15.3. The smallest absolute Gasteiger partial charge is 0.294 e. The molecule has 1 spiro atoms. The maximum absolute atomic E-state index is 12.7. The van der Waals surface area contributed by atoms with Crippen LogP contribution < -0.4 is 20.8 Å². The number of rotatable bonds is 8. The van der Waals surface area contributed by atoms with Gasteiger partial charge in [-0.05, 0) is 64.5 Å². The molecule has 200 valence electrons. The van der Waals surface area contributed by atoms with Crippen LogP contribution in [-0.4, -0.2) is 66.3 Å². The SMILES string of the molecule is CN(C)C1CC2(C1)CN(c1ccc(Nc3ncc(Cl)c(Nc4ccccc4P(C)(C)=O)n3)cc1[N+](=O)[O-])C2. The van der Waals surface area contributed by atoms with Crippen LogP contribution in [0.5, 0.6) is 0 Å². The van der Waals surface area contributed by atoms with Gasteiger partial charge < -0.3 is 25.0 Å². The molecule has 0 radical (unpaired) electrons. The van der Waals surface area contributed by atoms with Crippen molar-refractivity contribution in [3.05, 3.63) is 63.8 Å². The fourth-order valence-electron chi connectivity index (χ4n) is 5.33. The van der Waals surface area contributed by atoms with E-state index >= 15 is 0 Å². The Balaban J connectivity index is 1.33. The zero-order valence-electron chi connectivity index (χ0n) is 21.8. The number of nitro groups is 1. The molecule has 0 amide bonds. The quantitative estimate of drug-likeness (QED) is 0.217. The van der Waals surface area contributed by atoms with E-state index in [9.17, 15) is 14.7 Å². The zero-order chi connectivity index (χ0) is 27.2. The van der Waals surface area contributed by atoms with Gasteiger partial charge in [0, 0.05) is 41.6 Å². The molecule has 2 heterocycles. The molecular formula is C26H31ClN7O3P. The van der Waals surface area contributed by atoms with E-state index in [4.69, 9.17) is 11.6 Å². The van der Waals surface area contributed by atoms with Gasteiger partial charge in [0.15, 0.2) is 5.82 Å². The molecule has 38 heavy (non-hydrogen) atoms. The van der Waals surface area contributed by atoms with Gasteiger partial charge in [0.1, 0.15) is 17.9 Å². The van der Waals surface area contributed by atoms with Gasteiger partial charge in [-0.15, -0.1) is 0 Å². The highest BCUT2D eigenvalue weighted by Gasteiger charge is 2.53. The Labute approximate surface area is 226 Å². The van der Waals surface area contributed by atoms with E-state index in [0.717, 1.165) is 25.9 Å². The highest BCUT2D eigenvalue weighted by molar-refractivity contribution is 7.70. The van der Waals surface area contributed by atoms with Gasteiger partial charge >= 0.3 is 0 Å². The molecule has 2 N–H and O–H groups in total. The third-order valence-electron chi connectivity index (χ3n) is 7.37. The average Bonchev–Trinajstić information content (AvgIpc) is 2.79. The summed E-state index contributed by atoms with van der Waals surface area (Å²) in [4.78, 5) is 24.6. The Morgan fingerprint density at radius 3 is 2.53 bits per heavy atom. The predicted octanol–water partition coefficient (Wildman–Crippen LogP) is 5.30. The van der Waals surface area contributed by atoms with Crippen LogP contribution in [0.25, 0.3) is 0 Å². The predicted molar refractivity (Wildman–Crippen MR) is 154 cm³/mol. The number of benzene rings is 2. The van der Waals surface area contributed by atoms with E-state index in [0.29, 0.717) is 34.2 Å². The summed E-state index contributed by atoms with van der Waals surface area (Å²) in [6.45, 7) is 5.07. The van der Waals surface area contributed by atoms with Crippen molar-refractivity contribution in [2.45, 2.75) is 18.9 Å². The summed E-state index contributed by atoms with van der Waals surface area (Å²) in [5.74, 6) is 0.554. The van der Waals surface area contributed by atoms with Gasteiger partial charge in [-0.25, -0.2) is 4.98 Å². The number of nitro benzene ring substituents is 1. The molecule has 12 heteroatoms. The molecule has 2 fully saturated rings. The molecule has 1 saturated heterocycles. The van der Waals surface area contributed by atoms with E-state index in [2.05, 4.69) is 44.5 Å². The van der Waals surface area contributed by atoms with Gasteiger partial charge in [-0.2, -0.15) is 4.98 Å². The van der Waals surface area contributed by atoms with E-state index in [-0.39, 0.29) is 27.0 Å². The molecule has 10 nitrogen and oxygen atoms in total. The van der Waals surface area contributed by atoms with E-state index in [1.807, 2.05) is 24.3 Å². The first kappa shape index (κ1) is 26.4. The van der Waals surface area contributed by atoms with Crippen LogP contribution in [0.15, 0.2) is 48.7 Å². The summed E-state index contributed by atoms with van der Waals surface area (Å²) in [6.07, 6.45) is 3.71. The third-order valence-corrected chi connectivity index (χ3v) is 9.20. The molecule has 5 rings (SSSR count). The molecule has 1 aromatic heterocycles. The zero-order valence-corrected chi connectivity index (χ0v) is 23.5. The van der Waals surface area contributed by atoms with Crippen molar-refractivity contribution in [3.8, 4) is 0 Å². The van der Waals surface area contributed by atoms with Crippen molar-refractivity contribution in [1.29, 1.82) is 0 Å². The number of para-hydroxylation sites is 1. The number of nitrogens with one attached hydrogen (secondary N) is 2. The van der Waals surface area contributed by atoms with Crippen LogP contribution in [0.4, 0.5) is 34.5 Å². The highest BCUT2D eigenvalue weighted by atomic mass is 35.5. The summed E-state index contributed by atoms with van der Waals surface area (Å²) in [6, 6.07) is 13.0. The number of hydrogen-bond donors (Lipinski definition) is 2. The Bertz CT molecular complexity index is 1430. The number of anilines is 5. The van der Waals surface area contributed by atoms with Crippen LogP contribution in [0.1, 0.15) is 12.8 Å². The van der Waals surface area contributed by atoms with Crippen molar-refractivity contribution in [3.63, 3.8) is 0 Å². The summed E-state index contributed by atoms with van der Waals surface area (Å²) in [5.41, 5.74) is 2.08. The summed E-state index contributed by atoms with van der Waals surface area (Å²) in [7, 11) is 1.65. The Morgan fingerprint density at radius 2 is 1.87 bits per heavy atom. The number of aromatic nitrogens is 2. The van der Waals surface area contributed by atoms with Crippen molar-refractivity contribution in [1.82, 2.24) is 14.9 Å². The third kappa shape index (κ3) is 5.21. The normalized spacial score (nSPS) is 16.7. The highest BCUT2D eigenvalue weighted by Crippen LogP contribution is 2.52. The second kappa shape index (κ2) is 9.84. The van der Waals surface area contributed by atoms with Gasteiger partial charge in [-0.3, -0.25) is 10.1 Å². The van der Waals surface area contributed by atoms with Gasteiger partial charge in [0.2, 0.25) is 5.95 Å². The van der Waals surface area contributed by atoms with Gasteiger partial charge in [-0.1, -0.05) is 23.7 Å². The van der Waals surface area contributed by atoms with Crippen LogP contribution in [0.2, 0.25) is 5.02 Å². The minimum absolute atomic E-state index is 0.0382. The fourth-order valence-corrected chi connectivity index (χ4v) is 6.63. The molecule has 1 aliphatic heterocycles. The lowest BCUT2D eigenvalue weighted by molar-refractivity contribution is -0.384. The Hall–Kier alpha value is -3.20. The Kier molecular flexibility index (Phi) is 6.84. The Morgan fingerprint density at radius 1 is 1.16 bits per heavy atom. The molecule has 1 aliphatic carbocycles. The fraction of sp³-hybridized carbons (Fsp3) is 0.385. The summed E-state index contributed by atoms with van der Waals surface area (Å²) < 4.78 is 12.7. The first-order valence-electron chi connectivity index (χ1n) is 12.4. The lowest BCUT2D eigenvalue weighted by Crippen LogP contribution is -2.66. The topological polar surface area (TPSA) is 117 Å². The molecular weight excluding hydrogens is 525 g/mol. The largest absolute Gasteiger partial charge is 0.365 e. The van der Waals surface area contributed by atoms with Crippen molar-refractivity contribution in [2.75, 3.05) is 56.0 Å². The average molecular weight is 556 g/mol. The lowest BCUT2D eigenvalue weighted by Gasteiger charge is -2.61. The standard InChI is InChI=1S/C26H31ClN7O3P/c1-32(2)18-12-26(13-18)15-33(16-26)21-10-9-17(11-22(21)34(35)36)29-25-28-14-19(27)24(31-25)30-20-7-5-6-8-23(20)38(3,4)37/h5-11,14,18H,12-13,15-16H2,1-4H3,(H2,28,29,30,31). The van der Waals surface area contributed by atoms with E-state index in [1.54, 1.807) is 25.5 Å². The summed E-state index contributed by atoms with van der Waals surface area (Å²) in [5, 5.41) is 19.1. The second-order valence-electron chi connectivity index (χ2n) is 10.9. The maximum atomic E-state index is 12.7.